The molecule has 1 N–H and O–H groups in total. The van der Waals surface area contributed by atoms with Crippen LogP contribution < -0.4 is 0 Å². The molecule has 0 saturated heterocycles. The molecule has 0 aliphatic heterocycles. The zero-order chi connectivity index (χ0) is 10.6. The first-order valence-electron chi connectivity index (χ1n) is 5.17. The van der Waals surface area contributed by atoms with Crippen LogP contribution in [0.5, 0.6) is 0 Å². The monoisotopic (exact) mass is 312 g/mol. The molecule has 0 aromatic carbocycles. The fraction of sp³-hybridized carbons (Fsp3) is 0.900. The Morgan fingerprint density at radius 3 is 2.50 bits per heavy atom. The van der Waals surface area contributed by atoms with Crippen molar-refractivity contribution >= 4 is 28.7 Å². The third-order valence-corrected chi connectivity index (χ3v) is 4.94. The molecule has 4 heteroatoms. The van der Waals surface area contributed by atoms with Gasteiger partial charge in [0.05, 0.1) is 3.92 Å². The fourth-order valence-electron chi connectivity index (χ4n) is 2.18. The molecule has 1 saturated carbocycles. The Morgan fingerprint density at radius 1 is 1.50 bits per heavy atom. The summed E-state index contributed by atoms with van der Waals surface area (Å²) < 4.78 is 5.44. The van der Waals surface area contributed by atoms with Crippen LogP contribution in [0.15, 0.2) is 0 Å². The summed E-state index contributed by atoms with van der Waals surface area (Å²) in [7, 11) is 0. The van der Waals surface area contributed by atoms with Crippen LogP contribution in [0.2, 0.25) is 0 Å². The van der Waals surface area contributed by atoms with Crippen molar-refractivity contribution in [3.8, 4) is 0 Å². The summed E-state index contributed by atoms with van der Waals surface area (Å²) in [5.41, 5.74) is -0.403. The second-order valence-corrected chi connectivity index (χ2v) is 5.37. The van der Waals surface area contributed by atoms with E-state index in [1.807, 2.05) is 0 Å². The van der Waals surface area contributed by atoms with Crippen LogP contribution in [-0.2, 0) is 4.74 Å². The Hall–Kier alpha value is 0. The third-order valence-electron chi connectivity index (χ3n) is 2.92. The van der Waals surface area contributed by atoms with E-state index in [1.54, 1.807) is 0 Å². The minimum atomic E-state index is -1.12. The van der Waals surface area contributed by atoms with E-state index >= 15 is 0 Å². The van der Waals surface area contributed by atoms with Gasteiger partial charge in [-0.05, 0) is 32.1 Å². The molecule has 1 rings (SSSR count). The average Bonchev–Trinajstić information content (AvgIpc) is 2.17. The minimum absolute atomic E-state index is 0.302. The van der Waals surface area contributed by atoms with Crippen LogP contribution in [-0.4, -0.2) is 20.8 Å². The largest absolute Gasteiger partial charge is 0.506 e. The number of hydrogen-bond acceptors (Lipinski definition) is 2. The van der Waals surface area contributed by atoms with Crippen molar-refractivity contribution in [3.63, 3.8) is 0 Å². The first kappa shape index (κ1) is 12.1. The summed E-state index contributed by atoms with van der Waals surface area (Å²) in [5.74, 6) is 0. The summed E-state index contributed by atoms with van der Waals surface area (Å²) in [6, 6.07) is 0. The molecule has 1 atom stereocenters. The summed E-state index contributed by atoms with van der Waals surface area (Å²) in [5, 5.41) is 8.75. The number of hydrogen-bond donors (Lipinski definition) is 1. The highest BCUT2D eigenvalue weighted by Gasteiger charge is 2.41. The van der Waals surface area contributed by atoms with Crippen LogP contribution in [0.3, 0.4) is 0 Å². The number of ether oxygens (including phenoxy) is 1. The van der Waals surface area contributed by atoms with Gasteiger partial charge in [-0.15, -0.1) is 0 Å². The van der Waals surface area contributed by atoms with Crippen molar-refractivity contribution in [2.45, 2.75) is 55.0 Å². The third kappa shape index (κ3) is 2.74. The molecule has 0 heterocycles. The molecule has 0 spiro atoms. The lowest BCUT2D eigenvalue weighted by Crippen LogP contribution is -2.44. The fourth-order valence-corrected chi connectivity index (χ4v) is 2.93. The van der Waals surface area contributed by atoms with Gasteiger partial charge < -0.3 is 9.84 Å². The van der Waals surface area contributed by atoms with Gasteiger partial charge in [0.15, 0.2) is 0 Å². The zero-order valence-electron chi connectivity index (χ0n) is 8.46. The molecule has 3 nitrogen and oxygen atoms in total. The highest BCUT2D eigenvalue weighted by atomic mass is 127. The van der Waals surface area contributed by atoms with Gasteiger partial charge in [0.2, 0.25) is 0 Å². The van der Waals surface area contributed by atoms with Crippen LogP contribution >= 0.6 is 22.6 Å². The van der Waals surface area contributed by atoms with Crippen LogP contribution in [0.1, 0.15) is 45.4 Å². The average molecular weight is 312 g/mol. The predicted molar refractivity (Wildman–Crippen MR) is 63.0 cm³/mol. The van der Waals surface area contributed by atoms with E-state index in [4.69, 9.17) is 9.84 Å². The predicted octanol–water partition coefficient (Wildman–Crippen LogP) is 3.60. The highest BCUT2D eigenvalue weighted by Crippen LogP contribution is 2.39. The quantitative estimate of drug-likeness (QED) is 0.492. The molecule has 14 heavy (non-hydrogen) atoms. The molecule has 0 radical (unpaired) electrons. The van der Waals surface area contributed by atoms with Crippen LogP contribution in [0.4, 0.5) is 4.79 Å². The second kappa shape index (κ2) is 5.19. The van der Waals surface area contributed by atoms with E-state index in [2.05, 4.69) is 29.5 Å². The molecule has 82 valence electrons. The first-order chi connectivity index (χ1) is 6.60. The van der Waals surface area contributed by atoms with Gasteiger partial charge in [-0.3, -0.25) is 0 Å². The van der Waals surface area contributed by atoms with E-state index in [0.29, 0.717) is 3.92 Å². The van der Waals surface area contributed by atoms with Crippen LogP contribution in [0, 0.1) is 0 Å². The number of halogens is 1. The van der Waals surface area contributed by atoms with Gasteiger partial charge in [-0.1, -0.05) is 35.9 Å². The van der Waals surface area contributed by atoms with Crippen molar-refractivity contribution in [3.05, 3.63) is 0 Å². The minimum Gasteiger partial charge on any atom is -0.450 e. The SMILES string of the molecule is CCC(I)C1(OC(=O)O)CCCCC1. The zero-order valence-corrected chi connectivity index (χ0v) is 10.6. The molecule has 0 bridgehead atoms. The normalized spacial score (nSPS) is 22.7. The summed E-state index contributed by atoms with van der Waals surface area (Å²) in [6.45, 7) is 2.08. The molecular weight excluding hydrogens is 295 g/mol. The molecule has 0 aromatic heterocycles. The maximum atomic E-state index is 10.7. The number of carboxylic acid groups (broad SMARTS) is 1. The van der Waals surface area contributed by atoms with Gasteiger partial charge in [-0.2, -0.15) is 0 Å². The molecule has 1 unspecified atom stereocenters. The van der Waals surface area contributed by atoms with Gasteiger partial charge in [0, 0.05) is 0 Å². The highest BCUT2D eigenvalue weighted by molar-refractivity contribution is 14.1. The van der Waals surface area contributed by atoms with E-state index in [0.717, 1.165) is 32.1 Å². The van der Waals surface area contributed by atoms with E-state index in [9.17, 15) is 4.79 Å². The lowest BCUT2D eigenvalue weighted by atomic mass is 9.81. The molecule has 0 amide bonds. The smallest absolute Gasteiger partial charge is 0.450 e. The topological polar surface area (TPSA) is 46.5 Å². The number of alkyl halides is 1. The van der Waals surface area contributed by atoms with Crippen molar-refractivity contribution in [1.82, 2.24) is 0 Å². The van der Waals surface area contributed by atoms with Gasteiger partial charge in [-0.25, -0.2) is 4.79 Å². The van der Waals surface area contributed by atoms with Crippen molar-refractivity contribution < 1.29 is 14.6 Å². The lowest BCUT2D eigenvalue weighted by molar-refractivity contribution is -0.0401. The Kier molecular flexibility index (Phi) is 4.47. The Morgan fingerprint density at radius 2 is 2.07 bits per heavy atom. The molecule has 0 aromatic rings. The van der Waals surface area contributed by atoms with Crippen molar-refractivity contribution in [2.24, 2.45) is 0 Å². The maximum absolute atomic E-state index is 10.7. The van der Waals surface area contributed by atoms with Crippen molar-refractivity contribution in [1.29, 1.82) is 0 Å². The molecule has 1 aliphatic carbocycles. The summed E-state index contributed by atoms with van der Waals surface area (Å²) in [6.07, 6.45) is 5.01. The van der Waals surface area contributed by atoms with Crippen LogP contribution in [0.25, 0.3) is 0 Å². The Bertz CT molecular complexity index is 200. The van der Waals surface area contributed by atoms with Gasteiger partial charge in [0.25, 0.3) is 0 Å². The number of carbonyl (C=O) groups is 1. The van der Waals surface area contributed by atoms with Gasteiger partial charge >= 0.3 is 6.16 Å². The first-order valence-corrected chi connectivity index (χ1v) is 6.41. The Labute approximate surface area is 98.3 Å². The van der Waals surface area contributed by atoms with E-state index in [1.165, 1.54) is 6.42 Å². The maximum Gasteiger partial charge on any atom is 0.506 e. The second-order valence-electron chi connectivity index (χ2n) is 3.87. The summed E-state index contributed by atoms with van der Waals surface area (Å²) in [4.78, 5) is 10.7. The Balaban J connectivity index is 2.71. The van der Waals surface area contributed by atoms with E-state index < -0.39 is 11.8 Å². The molecule has 1 aliphatic rings. The van der Waals surface area contributed by atoms with Gasteiger partial charge in [0.1, 0.15) is 5.60 Å². The molecule has 1 fully saturated rings. The molecular formula is C10H17IO3. The number of rotatable bonds is 3. The summed E-state index contributed by atoms with van der Waals surface area (Å²) >= 11 is 2.32. The standard InChI is InChI=1S/C10H17IO3/c1-2-8(11)10(14-9(12)13)6-4-3-5-7-10/h8H,2-7H2,1H3,(H,12,13). The van der Waals surface area contributed by atoms with Crippen molar-refractivity contribution in [2.75, 3.05) is 0 Å². The van der Waals surface area contributed by atoms with E-state index in [-0.39, 0.29) is 0 Å². The lowest BCUT2D eigenvalue weighted by Gasteiger charge is -2.39.